The molecular formula is C13H15N3O6. The van der Waals surface area contributed by atoms with Crippen molar-refractivity contribution in [3.05, 3.63) is 32.6 Å². The summed E-state index contributed by atoms with van der Waals surface area (Å²) < 4.78 is 12.1. The number of H-pyrrole nitrogens is 1. The van der Waals surface area contributed by atoms with E-state index in [1.165, 1.54) is 6.20 Å². The number of aliphatic hydroxyl groups is 2. The lowest BCUT2D eigenvalue weighted by Crippen LogP contribution is -2.44. The zero-order chi connectivity index (χ0) is 15.9. The summed E-state index contributed by atoms with van der Waals surface area (Å²) in [6.07, 6.45) is -1.61. The Kier molecular flexibility index (Phi) is 3.64. The van der Waals surface area contributed by atoms with Gasteiger partial charge in [-0.05, 0) is 0 Å². The molecular weight excluding hydrogens is 294 g/mol. The molecule has 0 spiro atoms. The fourth-order valence-electron chi connectivity index (χ4n) is 2.66. The number of nitrogens with zero attached hydrogens (tertiary/aromatic N) is 1. The summed E-state index contributed by atoms with van der Waals surface area (Å²) in [7, 11) is 0. The number of rotatable bonds is 2. The molecule has 0 aliphatic carbocycles. The smallest absolute Gasteiger partial charge is 0.330 e. The van der Waals surface area contributed by atoms with Crippen molar-refractivity contribution < 1.29 is 19.7 Å². The van der Waals surface area contributed by atoms with E-state index in [1.54, 1.807) is 0 Å². The summed E-state index contributed by atoms with van der Waals surface area (Å²) >= 11 is 0. The lowest BCUT2D eigenvalue weighted by molar-refractivity contribution is -0.187. The van der Waals surface area contributed by atoms with Crippen LogP contribution in [-0.4, -0.2) is 57.3 Å². The van der Waals surface area contributed by atoms with E-state index < -0.39 is 41.9 Å². The van der Waals surface area contributed by atoms with Gasteiger partial charge in [0.25, 0.3) is 5.56 Å². The highest BCUT2D eigenvalue weighted by Crippen LogP contribution is 2.44. The average molecular weight is 309 g/mol. The fourth-order valence-corrected chi connectivity index (χ4v) is 2.66. The van der Waals surface area contributed by atoms with E-state index in [-0.39, 0.29) is 18.7 Å². The van der Waals surface area contributed by atoms with E-state index in [1.807, 2.05) is 0 Å². The van der Waals surface area contributed by atoms with Gasteiger partial charge in [0.15, 0.2) is 6.23 Å². The molecule has 9 heteroatoms. The third-order valence-corrected chi connectivity index (χ3v) is 3.84. The van der Waals surface area contributed by atoms with Crippen LogP contribution < -0.4 is 17.0 Å². The Labute approximate surface area is 124 Å². The van der Waals surface area contributed by atoms with Crippen LogP contribution >= 0.6 is 0 Å². The van der Waals surface area contributed by atoms with Crippen molar-refractivity contribution in [3.8, 4) is 11.8 Å². The van der Waals surface area contributed by atoms with Crippen LogP contribution in [0.25, 0.3) is 0 Å². The van der Waals surface area contributed by atoms with Crippen LogP contribution in [0, 0.1) is 11.8 Å². The minimum atomic E-state index is -1.26. The van der Waals surface area contributed by atoms with Crippen molar-refractivity contribution in [2.45, 2.75) is 24.0 Å². The first-order valence-electron chi connectivity index (χ1n) is 6.65. The molecule has 9 nitrogen and oxygen atoms in total. The Bertz CT molecular complexity index is 760. The lowest BCUT2D eigenvalue weighted by Gasteiger charge is -2.29. The number of aromatic amines is 1. The standard InChI is InChI=1S/C13H15N3O6/c14-3-1-2-7-4-16(12(20)15-10(7)19)11-8-9(18)13(5-17,22-11)6-21-8/h4,8-9,11,17-18H,3,5-6,14H2,(H,15,19,20)/t8-,9?,11+,13+/m0/s1. The molecule has 1 aromatic heterocycles. The second-order valence-corrected chi connectivity index (χ2v) is 5.17. The Balaban J connectivity index is 2.03. The number of nitrogens with two attached hydrogens (primary N) is 1. The molecule has 0 amide bonds. The van der Waals surface area contributed by atoms with E-state index in [0.29, 0.717) is 0 Å². The van der Waals surface area contributed by atoms with Gasteiger partial charge in [0.2, 0.25) is 0 Å². The molecule has 0 saturated carbocycles. The van der Waals surface area contributed by atoms with Gasteiger partial charge in [-0.2, -0.15) is 0 Å². The Hall–Kier alpha value is -1.96. The Morgan fingerprint density at radius 3 is 2.95 bits per heavy atom. The summed E-state index contributed by atoms with van der Waals surface area (Å²) in [5, 5.41) is 19.5. The van der Waals surface area contributed by atoms with Gasteiger partial charge in [-0.3, -0.25) is 14.3 Å². The van der Waals surface area contributed by atoms with Gasteiger partial charge in [-0.25, -0.2) is 4.79 Å². The van der Waals surface area contributed by atoms with Gasteiger partial charge in [0.05, 0.1) is 19.8 Å². The van der Waals surface area contributed by atoms with Crippen molar-refractivity contribution in [2.75, 3.05) is 19.8 Å². The van der Waals surface area contributed by atoms with E-state index in [2.05, 4.69) is 16.8 Å². The predicted octanol–water partition coefficient (Wildman–Crippen LogP) is -3.13. The molecule has 2 fully saturated rings. The predicted molar refractivity (Wildman–Crippen MR) is 72.9 cm³/mol. The Morgan fingerprint density at radius 1 is 1.55 bits per heavy atom. The molecule has 1 aromatic rings. The lowest BCUT2D eigenvalue weighted by atomic mass is 10.0. The minimum absolute atomic E-state index is 0.0315. The molecule has 118 valence electrons. The molecule has 2 bridgehead atoms. The monoisotopic (exact) mass is 309 g/mol. The van der Waals surface area contributed by atoms with Gasteiger partial charge in [0.1, 0.15) is 23.4 Å². The summed E-state index contributed by atoms with van der Waals surface area (Å²) in [6, 6.07) is 0. The first-order valence-corrected chi connectivity index (χ1v) is 6.65. The maximum absolute atomic E-state index is 12.0. The topological polar surface area (TPSA) is 140 Å². The van der Waals surface area contributed by atoms with E-state index in [0.717, 1.165) is 4.57 Å². The van der Waals surface area contributed by atoms with Crippen molar-refractivity contribution in [2.24, 2.45) is 5.73 Å². The van der Waals surface area contributed by atoms with Gasteiger partial charge in [-0.1, -0.05) is 11.8 Å². The number of hydrogen-bond donors (Lipinski definition) is 4. The van der Waals surface area contributed by atoms with Crippen molar-refractivity contribution in [3.63, 3.8) is 0 Å². The third kappa shape index (κ3) is 2.09. The zero-order valence-corrected chi connectivity index (χ0v) is 11.5. The SMILES string of the molecule is NCC#Cc1cn([C@@H]2O[C@]3(CO)CO[C@H]2C3O)c(=O)[nH]c1=O. The molecule has 4 atom stereocenters. The molecule has 0 radical (unpaired) electrons. The van der Waals surface area contributed by atoms with Gasteiger partial charge in [-0.15, -0.1) is 0 Å². The molecule has 3 rings (SSSR count). The molecule has 0 aromatic carbocycles. The summed E-state index contributed by atoms with van der Waals surface area (Å²) in [5.74, 6) is 5.08. The largest absolute Gasteiger partial charge is 0.393 e. The summed E-state index contributed by atoms with van der Waals surface area (Å²) in [4.78, 5) is 25.8. The average Bonchev–Trinajstić information content (AvgIpc) is 2.97. The first kappa shape index (κ1) is 15.0. The van der Waals surface area contributed by atoms with Crippen LogP contribution in [0.5, 0.6) is 0 Å². The molecule has 1 unspecified atom stereocenters. The maximum atomic E-state index is 12.0. The fraction of sp³-hybridized carbons (Fsp3) is 0.538. The Morgan fingerprint density at radius 2 is 2.32 bits per heavy atom. The van der Waals surface area contributed by atoms with Gasteiger partial charge >= 0.3 is 5.69 Å². The molecule has 2 aliphatic rings. The third-order valence-electron chi connectivity index (χ3n) is 3.84. The molecule has 2 saturated heterocycles. The van der Waals surface area contributed by atoms with Crippen LogP contribution in [0.2, 0.25) is 0 Å². The summed E-state index contributed by atoms with van der Waals surface area (Å²) in [5.41, 5.74) is 2.70. The van der Waals surface area contributed by atoms with Crippen LogP contribution in [0.3, 0.4) is 0 Å². The molecule has 2 aliphatic heterocycles. The second kappa shape index (κ2) is 5.35. The van der Waals surface area contributed by atoms with Crippen molar-refractivity contribution in [1.82, 2.24) is 9.55 Å². The van der Waals surface area contributed by atoms with Crippen LogP contribution in [-0.2, 0) is 9.47 Å². The number of fused-ring (bicyclic) bond motifs is 2. The van der Waals surface area contributed by atoms with Crippen molar-refractivity contribution in [1.29, 1.82) is 0 Å². The van der Waals surface area contributed by atoms with Gasteiger partial charge in [0, 0.05) is 6.20 Å². The van der Waals surface area contributed by atoms with Crippen LogP contribution in [0.4, 0.5) is 0 Å². The highest BCUT2D eigenvalue weighted by atomic mass is 16.7. The summed E-state index contributed by atoms with van der Waals surface area (Å²) in [6.45, 7) is -0.348. The quantitative estimate of drug-likeness (QED) is 0.423. The van der Waals surface area contributed by atoms with E-state index >= 15 is 0 Å². The number of hydrogen-bond acceptors (Lipinski definition) is 7. The molecule has 22 heavy (non-hydrogen) atoms. The zero-order valence-electron chi connectivity index (χ0n) is 11.5. The van der Waals surface area contributed by atoms with E-state index in [9.17, 15) is 19.8 Å². The van der Waals surface area contributed by atoms with E-state index in [4.69, 9.17) is 15.2 Å². The number of nitrogens with one attached hydrogen (secondary N) is 1. The second-order valence-electron chi connectivity index (χ2n) is 5.17. The number of ether oxygens (including phenoxy) is 2. The van der Waals surface area contributed by atoms with Gasteiger partial charge < -0.3 is 25.4 Å². The number of aromatic nitrogens is 2. The van der Waals surface area contributed by atoms with Crippen molar-refractivity contribution >= 4 is 0 Å². The first-order chi connectivity index (χ1) is 10.5. The van der Waals surface area contributed by atoms with Crippen LogP contribution in [0.1, 0.15) is 11.8 Å². The molecule has 3 heterocycles. The highest BCUT2D eigenvalue weighted by molar-refractivity contribution is 5.30. The minimum Gasteiger partial charge on any atom is -0.393 e. The van der Waals surface area contributed by atoms with Crippen LogP contribution in [0.15, 0.2) is 15.8 Å². The normalized spacial score (nSPS) is 32.8. The maximum Gasteiger partial charge on any atom is 0.330 e. The molecule has 5 N–H and O–H groups in total. The highest BCUT2D eigenvalue weighted by Gasteiger charge is 2.61. The number of aliphatic hydroxyl groups excluding tert-OH is 2.